The van der Waals surface area contributed by atoms with Crippen LogP contribution in [-0.2, 0) is 16.0 Å². The number of halogens is 3. The Balaban J connectivity index is 1.79. The minimum atomic E-state index is -1.10. The van der Waals surface area contributed by atoms with Gasteiger partial charge in [0.15, 0.2) is 0 Å². The van der Waals surface area contributed by atoms with Gasteiger partial charge in [-0.25, -0.2) is 4.79 Å². The molecule has 2 N–H and O–H groups in total. The van der Waals surface area contributed by atoms with Crippen LogP contribution < -0.4 is 5.32 Å². The van der Waals surface area contributed by atoms with Crippen LogP contribution in [0.4, 0.5) is 0 Å². The van der Waals surface area contributed by atoms with Gasteiger partial charge in [0.1, 0.15) is 6.04 Å². The predicted molar refractivity (Wildman–Crippen MR) is 124 cm³/mol. The van der Waals surface area contributed by atoms with E-state index in [1.807, 2.05) is 36.4 Å². The smallest absolute Gasteiger partial charge is 0.326 e. The summed E-state index contributed by atoms with van der Waals surface area (Å²) in [4.78, 5) is 24.6. The van der Waals surface area contributed by atoms with Crippen LogP contribution in [0.25, 0.3) is 0 Å². The van der Waals surface area contributed by atoms with Crippen molar-refractivity contribution in [3.05, 3.63) is 105 Å². The average Bonchev–Trinajstić information content (AvgIpc) is 2.75. The van der Waals surface area contributed by atoms with Crippen LogP contribution in [0.15, 0.2) is 72.8 Å². The number of hydrogen-bond acceptors (Lipinski definition) is 2. The Hall–Kier alpha value is -2.53. The SMILES string of the molecule is O=C(CC(c1ccccc1)c1ccc(Cl)c(Cl)c1)NC(Cc1ccc(Cl)cc1)C(=O)O. The number of nitrogens with one attached hydrogen (secondary N) is 1. The van der Waals surface area contributed by atoms with Gasteiger partial charge in [0.05, 0.1) is 10.0 Å². The summed E-state index contributed by atoms with van der Waals surface area (Å²) in [6.45, 7) is 0. The largest absolute Gasteiger partial charge is 0.480 e. The lowest BCUT2D eigenvalue weighted by atomic mass is 9.88. The molecule has 3 aromatic carbocycles. The summed E-state index contributed by atoms with van der Waals surface area (Å²) < 4.78 is 0. The maximum Gasteiger partial charge on any atom is 0.326 e. The molecule has 0 aromatic heterocycles. The van der Waals surface area contributed by atoms with Gasteiger partial charge >= 0.3 is 5.97 Å². The van der Waals surface area contributed by atoms with Crippen LogP contribution in [0.3, 0.4) is 0 Å². The molecule has 0 saturated carbocycles. The number of rotatable bonds is 8. The number of carbonyl (C=O) groups is 2. The topological polar surface area (TPSA) is 66.4 Å². The van der Waals surface area contributed by atoms with Crippen molar-refractivity contribution in [2.24, 2.45) is 0 Å². The lowest BCUT2D eigenvalue weighted by molar-refractivity contribution is -0.141. The monoisotopic (exact) mass is 475 g/mol. The third-order valence-electron chi connectivity index (χ3n) is 4.92. The molecule has 0 aliphatic carbocycles. The Labute approximate surface area is 195 Å². The van der Waals surface area contributed by atoms with Crippen molar-refractivity contribution in [3.63, 3.8) is 0 Å². The van der Waals surface area contributed by atoms with Gasteiger partial charge in [-0.3, -0.25) is 4.79 Å². The van der Waals surface area contributed by atoms with E-state index in [-0.39, 0.29) is 24.7 Å². The first-order valence-corrected chi connectivity index (χ1v) is 10.7. The molecule has 2 atom stereocenters. The lowest BCUT2D eigenvalue weighted by Gasteiger charge is -2.20. The zero-order valence-electron chi connectivity index (χ0n) is 16.4. The highest BCUT2D eigenvalue weighted by molar-refractivity contribution is 6.42. The molecular weight excluding hydrogens is 457 g/mol. The average molecular weight is 477 g/mol. The molecule has 0 aliphatic heterocycles. The second kappa shape index (κ2) is 10.7. The Kier molecular flexibility index (Phi) is 7.97. The molecule has 0 fully saturated rings. The van der Waals surface area contributed by atoms with Gasteiger partial charge in [0.25, 0.3) is 0 Å². The number of benzene rings is 3. The predicted octanol–water partition coefficient (Wildman–Crippen LogP) is 5.98. The van der Waals surface area contributed by atoms with Gasteiger partial charge in [-0.15, -0.1) is 0 Å². The fourth-order valence-electron chi connectivity index (χ4n) is 3.34. The van der Waals surface area contributed by atoms with E-state index in [1.165, 1.54) is 0 Å². The quantitative estimate of drug-likeness (QED) is 0.420. The van der Waals surface area contributed by atoms with Crippen LogP contribution in [0.2, 0.25) is 15.1 Å². The number of carboxylic acid groups (broad SMARTS) is 1. The first-order chi connectivity index (χ1) is 14.8. The van der Waals surface area contributed by atoms with Crippen molar-refractivity contribution in [3.8, 4) is 0 Å². The van der Waals surface area contributed by atoms with E-state index in [0.717, 1.165) is 16.7 Å². The van der Waals surface area contributed by atoms with Crippen LogP contribution in [0.5, 0.6) is 0 Å². The van der Waals surface area contributed by atoms with Crippen molar-refractivity contribution < 1.29 is 14.7 Å². The van der Waals surface area contributed by atoms with Gasteiger partial charge in [0.2, 0.25) is 5.91 Å². The molecule has 0 aliphatic rings. The number of carbonyl (C=O) groups excluding carboxylic acids is 1. The summed E-state index contributed by atoms with van der Waals surface area (Å²) in [5.74, 6) is -1.78. The Morgan fingerprint density at radius 3 is 2.13 bits per heavy atom. The molecule has 0 bridgehead atoms. The fourth-order valence-corrected chi connectivity index (χ4v) is 3.77. The third-order valence-corrected chi connectivity index (χ3v) is 5.91. The van der Waals surface area contributed by atoms with Crippen molar-refractivity contribution in [2.45, 2.75) is 24.8 Å². The van der Waals surface area contributed by atoms with E-state index >= 15 is 0 Å². The van der Waals surface area contributed by atoms with E-state index < -0.39 is 12.0 Å². The summed E-state index contributed by atoms with van der Waals surface area (Å²) in [6, 6.07) is 20.6. The third kappa shape index (κ3) is 6.47. The van der Waals surface area contributed by atoms with Crippen molar-refractivity contribution >= 4 is 46.7 Å². The first-order valence-electron chi connectivity index (χ1n) is 9.60. The van der Waals surface area contributed by atoms with E-state index in [4.69, 9.17) is 34.8 Å². The van der Waals surface area contributed by atoms with Crippen LogP contribution in [0.1, 0.15) is 29.0 Å². The number of hydrogen-bond donors (Lipinski definition) is 2. The van der Waals surface area contributed by atoms with E-state index in [1.54, 1.807) is 36.4 Å². The second-order valence-electron chi connectivity index (χ2n) is 7.13. The van der Waals surface area contributed by atoms with Gasteiger partial charge in [0, 0.05) is 23.8 Å². The molecule has 0 heterocycles. The zero-order chi connectivity index (χ0) is 22.4. The molecule has 3 rings (SSSR count). The van der Waals surface area contributed by atoms with Gasteiger partial charge < -0.3 is 10.4 Å². The number of aliphatic carboxylic acids is 1. The van der Waals surface area contributed by atoms with E-state index in [2.05, 4.69) is 5.32 Å². The normalized spacial score (nSPS) is 12.7. The molecule has 3 aromatic rings. The highest BCUT2D eigenvalue weighted by Gasteiger charge is 2.24. The molecular formula is C24H20Cl3NO3. The Morgan fingerprint density at radius 1 is 0.839 bits per heavy atom. The number of carboxylic acids is 1. The first kappa shape index (κ1) is 23.1. The van der Waals surface area contributed by atoms with Gasteiger partial charge in [-0.05, 0) is 41.0 Å². The molecule has 160 valence electrons. The molecule has 2 unspecified atom stereocenters. The van der Waals surface area contributed by atoms with Crippen molar-refractivity contribution in [1.82, 2.24) is 5.32 Å². The van der Waals surface area contributed by atoms with E-state index in [0.29, 0.717) is 15.1 Å². The summed E-state index contributed by atoms with van der Waals surface area (Å²) in [7, 11) is 0. The van der Waals surface area contributed by atoms with Gasteiger partial charge in [-0.1, -0.05) is 83.3 Å². The lowest BCUT2D eigenvalue weighted by Crippen LogP contribution is -2.42. The summed E-state index contributed by atoms with van der Waals surface area (Å²) in [6.07, 6.45) is 0.216. The van der Waals surface area contributed by atoms with Crippen molar-refractivity contribution in [1.29, 1.82) is 0 Å². The molecule has 0 spiro atoms. The standard InChI is InChI=1S/C24H20Cl3NO3/c25-18-9-6-15(7-10-18)12-22(24(30)31)28-23(29)14-19(16-4-2-1-3-5-16)17-8-11-20(26)21(27)13-17/h1-11,13,19,22H,12,14H2,(H,28,29)(H,30,31). The highest BCUT2D eigenvalue weighted by Crippen LogP contribution is 2.32. The van der Waals surface area contributed by atoms with Crippen molar-refractivity contribution in [2.75, 3.05) is 0 Å². The summed E-state index contributed by atoms with van der Waals surface area (Å²) >= 11 is 18.1. The highest BCUT2D eigenvalue weighted by atomic mass is 35.5. The maximum atomic E-state index is 12.9. The Bertz CT molecular complexity index is 1060. The Morgan fingerprint density at radius 2 is 1.52 bits per heavy atom. The maximum absolute atomic E-state index is 12.9. The van der Waals surface area contributed by atoms with Crippen LogP contribution in [0, 0.1) is 0 Å². The summed E-state index contributed by atoms with van der Waals surface area (Å²) in [5.41, 5.74) is 2.50. The molecule has 7 heteroatoms. The summed E-state index contributed by atoms with van der Waals surface area (Å²) in [5, 5.41) is 13.6. The van der Waals surface area contributed by atoms with Crippen LogP contribution in [-0.4, -0.2) is 23.0 Å². The van der Waals surface area contributed by atoms with E-state index in [9.17, 15) is 14.7 Å². The zero-order valence-corrected chi connectivity index (χ0v) is 18.7. The fraction of sp³-hybridized carbons (Fsp3) is 0.167. The molecule has 0 radical (unpaired) electrons. The van der Waals surface area contributed by atoms with Crippen LogP contribution >= 0.6 is 34.8 Å². The molecule has 31 heavy (non-hydrogen) atoms. The molecule has 4 nitrogen and oxygen atoms in total. The molecule has 1 amide bonds. The molecule has 0 saturated heterocycles. The minimum Gasteiger partial charge on any atom is -0.480 e. The van der Waals surface area contributed by atoms with Gasteiger partial charge in [-0.2, -0.15) is 0 Å². The second-order valence-corrected chi connectivity index (χ2v) is 8.38. The number of amides is 1. The minimum absolute atomic E-state index is 0.0619.